The summed E-state index contributed by atoms with van der Waals surface area (Å²) < 4.78 is 22.1. The van der Waals surface area contributed by atoms with E-state index in [1.807, 2.05) is 42.5 Å². The third-order valence-corrected chi connectivity index (χ3v) is 4.43. The quantitative estimate of drug-likeness (QED) is 0.683. The van der Waals surface area contributed by atoms with Crippen LogP contribution in [0, 0.1) is 0 Å². The molecule has 1 atom stereocenters. The molecule has 2 heterocycles. The number of rotatable bonds is 5. The van der Waals surface area contributed by atoms with Gasteiger partial charge in [0.1, 0.15) is 11.3 Å². The number of oxime groups is 1. The van der Waals surface area contributed by atoms with E-state index in [1.54, 1.807) is 21.3 Å². The van der Waals surface area contributed by atoms with E-state index in [2.05, 4.69) is 5.16 Å². The molecule has 3 aromatic rings. The van der Waals surface area contributed by atoms with Crippen molar-refractivity contribution in [2.24, 2.45) is 5.16 Å². The molecule has 4 rings (SSSR count). The second kappa shape index (κ2) is 6.63. The molecule has 0 aliphatic carbocycles. The molecule has 0 fully saturated rings. The molecule has 0 radical (unpaired) electrons. The van der Waals surface area contributed by atoms with Gasteiger partial charge in [0.25, 0.3) is 0 Å². The Kier molecular flexibility index (Phi) is 4.16. The van der Waals surface area contributed by atoms with Gasteiger partial charge < -0.3 is 23.5 Å². The van der Waals surface area contributed by atoms with Crippen molar-refractivity contribution in [3.63, 3.8) is 0 Å². The highest BCUT2D eigenvalue weighted by Gasteiger charge is 2.28. The lowest BCUT2D eigenvalue weighted by molar-refractivity contribution is 0.0702. The molecule has 2 aromatic carbocycles. The average molecular weight is 353 g/mol. The van der Waals surface area contributed by atoms with Gasteiger partial charge in [-0.2, -0.15) is 0 Å². The molecular formula is C20H19NO5. The van der Waals surface area contributed by atoms with E-state index in [9.17, 15) is 0 Å². The van der Waals surface area contributed by atoms with Crippen LogP contribution >= 0.6 is 0 Å². The molecule has 0 bridgehead atoms. The summed E-state index contributed by atoms with van der Waals surface area (Å²) in [6.07, 6.45) is 0.342. The number of fused-ring (bicyclic) bond motifs is 1. The standard InChI is InChI=1S/C20H19NO5/c1-22-18-9-13(10-19(23-2)20(18)24-3)14-11-17(26-21-14)16-8-12-6-4-5-7-15(12)25-16/h4-10,17H,11H2,1-3H3. The van der Waals surface area contributed by atoms with Crippen molar-refractivity contribution < 1.29 is 23.5 Å². The number of furan rings is 1. The minimum absolute atomic E-state index is 0.253. The number of ether oxygens (including phenoxy) is 3. The molecule has 0 saturated carbocycles. The minimum Gasteiger partial charge on any atom is -0.493 e. The number of hydrogen-bond acceptors (Lipinski definition) is 6. The van der Waals surface area contributed by atoms with Crippen LogP contribution in [0.15, 0.2) is 52.0 Å². The maximum Gasteiger partial charge on any atom is 0.203 e. The summed E-state index contributed by atoms with van der Waals surface area (Å²) in [5, 5.41) is 5.29. The number of benzene rings is 2. The fraction of sp³-hybridized carbons (Fsp3) is 0.250. The van der Waals surface area contributed by atoms with Crippen LogP contribution in [-0.2, 0) is 4.84 Å². The molecule has 1 unspecified atom stereocenters. The second-order valence-corrected chi connectivity index (χ2v) is 5.94. The van der Waals surface area contributed by atoms with Crippen LogP contribution in [0.25, 0.3) is 11.0 Å². The van der Waals surface area contributed by atoms with Gasteiger partial charge in [0.05, 0.1) is 27.0 Å². The monoisotopic (exact) mass is 353 g/mol. The molecule has 0 N–H and O–H groups in total. The Labute approximate surface area is 150 Å². The van der Waals surface area contributed by atoms with Crippen molar-refractivity contribution in [2.45, 2.75) is 12.5 Å². The first-order valence-electron chi connectivity index (χ1n) is 8.25. The Hall–Kier alpha value is -3.15. The van der Waals surface area contributed by atoms with Gasteiger partial charge in [-0.3, -0.25) is 0 Å². The second-order valence-electron chi connectivity index (χ2n) is 5.94. The first-order valence-corrected chi connectivity index (χ1v) is 8.25. The van der Waals surface area contributed by atoms with E-state index in [0.717, 1.165) is 28.0 Å². The molecule has 1 aliphatic rings. The summed E-state index contributed by atoms with van der Waals surface area (Å²) in [6, 6.07) is 13.6. The largest absolute Gasteiger partial charge is 0.493 e. The minimum atomic E-state index is -0.253. The zero-order valence-electron chi connectivity index (χ0n) is 14.8. The lowest BCUT2D eigenvalue weighted by Crippen LogP contribution is -2.03. The maximum absolute atomic E-state index is 5.89. The summed E-state index contributed by atoms with van der Waals surface area (Å²) in [5.74, 6) is 2.47. The van der Waals surface area contributed by atoms with Crippen molar-refractivity contribution in [2.75, 3.05) is 21.3 Å². The normalized spacial score (nSPS) is 16.3. The van der Waals surface area contributed by atoms with Crippen LogP contribution in [-0.4, -0.2) is 27.0 Å². The first-order chi connectivity index (χ1) is 12.7. The molecule has 1 aromatic heterocycles. The Morgan fingerprint density at radius 3 is 2.35 bits per heavy atom. The molecule has 6 nitrogen and oxygen atoms in total. The highest BCUT2D eigenvalue weighted by molar-refractivity contribution is 6.02. The lowest BCUT2D eigenvalue weighted by Gasteiger charge is -2.13. The molecule has 0 spiro atoms. The SMILES string of the molecule is COc1cc(C2=NOC(c3cc4ccccc4o3)C2)cc(OC)c1OC. The molecule has 26 heavy (non-hydrogen) atoms. The third-order valence-electron chi connectivity index (χ3n) is 4.43. The Morgan fingerprint density at radius 1 is 0.962 bits per heavy atom. The summed E-state index contributed by atoms with van der Waals surface area (Å²) in [4.78, 5) is 5.62. The van der Waals surface area contributed by atoms with Gasteiger partial charge in [0.15, 0.2) is 17.6 Å². The molecular weight excluding hydrogens is 334 g/mol. The summed E-state index contributed by atoms with van der Waals surface area (Å²) in [6.45, 7) is 0. The predicted octanol–water partition coefficient (Wildman–Crippen LogP) is 4.32. The fourth-order valence-corrected chi connectivity index (χ4v) is 3.11. The Balaban J connectivity index is 1.62. The van der Waals surface area contributed by atoms with E-state index < -0.39 is 0 Å². The van der Waals surface area contributed by atoms with Crippen molar-refractivity contribution >= 4 is 16.7 Å². The zero-order valence-corrected chi connectivity index (χ0v) is 14.8. The van der Waals surface area contributed by atoms with Gasteiger partial charge in [-0.1, -0.05) is 23.4 Å². The number of nitrogens with zero attached hydrogens (tertiary/aromatic N) is 1. The summed E-state index contributed by atoms with van der Waals surface area (Å²) in [7, 11) is 4.75. The van der Waals surface area contributed by atoms with Gasteiger partial charge >= 0.3 is 0 Å². The maximum atomic E-state index is 5.89. The highest BCUT2D eigenvalue weighted by atomic mass is 16.6. The van der Waals surface area contributed by atoms with Gasteiger partial charge in [0, 0.05) is 17.4 Å². The first kappa shape index (κ1) is 16.3. The van der Waals surface area contributed by atoms with Crippen molar-refractivity contribution in [1.29, 1.82) is 0 Å². The van der Waals surface area contributed by atoms with Crippen LogP contribution in [0.2, 0.25) is 0 Å². The molecule has 134 valence electrons. The van der Waals surface area contributed by atoms with Crippen LogP contribution in [0.4, 0.5) is 0 Å². The Bertz CT molecular complexity index is 917. The number of methoxy groups -OCH3 is 3. The summed E-state index contributed by atoms with van der Waals surface area (Å²) >= 11 is 0. The van der Waals surface area contributed by atoms with E-state index in [0.29, 0.717) is 23.7 Å². The van der Waals surface area contributed by atoms with Crippen molar-refractivity contribution in [1.82, 2.24) is 0 Å². The highest BCUT2D eigenvalue weighted by Crippen LogP contribution is 2.40. The Morgan fingerprint density at radius 2 is 1.69 bits per heavy atom. The van der Waals surface area contributed by atoms with Crippen LogP contribution in [0.5, 0.6) is 17.2 Å². The number of hydrogen-bond donors (Lipinski definition) is 0. The van der Waals surface area contributed by atoms with E-state index in [-0.39, 0.29) is 6.10 Å². The summed E-state index contributed by atoms with van der Waals surface area (Å²) in [5.41, 5.74) is 2.50. The van der Waals surface area contributed by atoms with Gasteiger partial charge in [-0.25, -0.2) is 0 Å². The van der Waals surface area contributed by atoms with E-state index >= 15 is 0 Å². The fourth-order valence-electron chi connectivity index (χ4n) is 3.11. The molecule has 0 saturated heterocycles. The predicted molar refractivity (Wildman–Crippen MR) is 97.3 cm³/mol. The van der Waals surface area contributed by atoms with Crippen LogP contribution in [0.3, 0.4) is 0 Å². The van der Waals surface area contributed by atoms with Crippen LogP contribution in [0.1, 0.15) is 23.8 Å². The van der Waals surface area contributed by atoms with Gasteiger partial charge in [-0.05, 0) is 24.3 Å². The zero-order chi connectivity index (χ0) is 18.1. The topological polar surface area (TPSA) is 62.4 Å². The average Bonchev–Trinajstić information content (AvgIpc) is 3.33. The van der Waals surface area contributed by atoms with Gasteiger partial charge in [0.2, 0.25) is 5.75 Å². The third kappa shape index (κ3) is 2.73. The van der Waals surface area contributed by atoms with E-state index in [4.69, 9.17) is 23.5 Å². The smallest absolute Gasteiger partial charge is 0.203 e. The van der Waals surface area contributed by atoms with E-state index in [1.165, 1.54) is 0 Å². The molecule has 0 amide bonds. The molecule has 6 heteroatoms. The van der Waals surface area contributed by atoms with Crippen molar-refractivity contribution in [3.8, 4) is 17.2 Å². The molecule has 1 aliphatic heterocycles. The van der Waals surface area contributed by atoms with Crippen molar-refractivity contribution in [3.05, 3.63) is 53.8 Å². The lowest BCUT2D eigenvalue weighted by atomic mass is 10.0. The number of para-hydroxylation sites is 1. The van der Waals surface area contributed by atoms with Crippen LogP contribution < -0.4 is 14.2 Å². The van der Waals surface area contributed by atoms with Gasteiger partial charge in [-0.15, -0.1) is 0 Å².